The van der Waals surface area contributed by atoms with Crippen LogP contribution in [0.5, 0.6) is 5.75 Å². The van der Waals surface area contributed by atoms with Gasteiger partial charge < -0.3 is 4.84 Å². The average molecular weight is 244 g/mol. The molecule has 15 heavy (non-hydrogen) atoms. The molecule has 2 rings (SSSR count). The van der Waals surface area contributed by atoms with Crippen LogP contribution in [0.3, 0.4) is 0 Å². The molecule has 0 atom stereocenters. The second-order valence-electron chi connectivity index (χ2n) is 2.84. The highest BCUT2D eigenvalue weighted by Crippen LogP contribution is 2.26. The van der Waals surface area contributed by atoms with E-state index in [1.54, 1.807) is 12.2 Å². The van der Waals surface area contributed by atoms with E-state index in [-0.39, 0.29) is 4.90 Å². The van der Waals surface area contributed by atoms with Gasteiger partial charge in [-0.1, -0.05) is 5.16 Å². The third kappa shape index (κ3) is 2.19. The van der Waals surface area contributed by atoms with Crippen LogP contribution < -0.4 is 4.84 Å². The molecule has 0 aliphatic carbocycles. The summed E-state index contributed by atoms with van der Waals surface area (Å²) in [6, 6.07) is 4.32. The molecule has 1 aliphatic heterocycles. The van der Waals surface area contributed by atoms with Gasteiger partial charge in [0, 0.05) is 16.2 Å². The van der Waals surface area contributed by atoms with Gasteiger partial charge in [-0.25, -0.2) is 8.42 Å². The van der Waals surface area contributed by atoms with Gasteiger partial charge in [0.2, 0.25) is 0 Å². The summed E-state index contributed by atoms with van der Waals surface area (Å²) >= 11 is 0. The fraction of sp³-hybridized carbons (Fsp3) is 0. The Kier molecular flexibility index (Phi) is 2.50. The van der Waals surface area contributed by atoms with Gasteiger partial charge in [-0.3, -0.25) is 0 Å². The van der Waals surface area contributed by atoms with Crippen molar-refractivity contribution >= 4 is 32.0 Å². The van der Waals surface area contributed by atoms with Gasteiger partial charge in [0.25, 0.3) is 9.05 Å². The van der Waals surface area contributed by atoms with Crippen LogP contribution in [0.25, 0.3) is 6.08 Å². The Morgan fingerprint density at radius 3 is 2.87 bits per heavy atom. The molecule has 0 radical (unpaired) electrons. The van der Waals surface area contributed by atoms with Gasteiger partial charge in [0.1, 0.15) is 0 Å². The van der Waals surface area contributed by atoms with Crippen molar-refractivity contribution in [1.82, 2.24) is 0 Å². The number of halogens is 1. The highest BCUT2D eigenvalue weighted by molar-refractivity contribution is 8.13. The van der Waals surface area contributed by atoms with E-state index in [1.807, 2.05) is 0 Å². The summed E-state index contributed by atoms with van der Waals surface area (Å²) in [6.07, 6.45) is 4.81. The summed E-state index contributed by atoms with van der Waals surface area (Å²) in [5.41, 5.74) is 0.620. The molecule has 0 fully saturated rings. The van der Waals surface area contributed by atoms with Gasteiger partial charge in [0.05, 0.1) is 11.1 Å². The Morgan fingerprint density at radius 1 is 1.33 bits per heavy atom. The van der Waals surface area contributed by atoms with Gasteiger partial charge >= 0.3 is 0 Å². The lowest BCUT2D eigenvalue weighted by Crippen LogP contribution is -1.92. The number of benzene rings is 1. The highest BCUT2D eigenvalue weighted by atomic mass is 35.7. The van der Waals surface area contributed by atoms with E-state index in [0.717, 1.165) is 0 Å². The Bertz CT molecular complexity index is 548. The Balaban J connectivity index is 2.56. The van der Waals surface area contributed by atoms with Crippen molar-refractivity contribution in [2.24, 2.45) is 5.16 Å². The molecule has 1 aliphatic rings. The fourth-order valence-electron chi connectivity index (χ4n) is 1.16. The first-order chi connectivity index (χ1) is 7.07. The zero-order chi connectivity index (χ0) is 10.9. The number of nitrogens with zero attached hydrogens (tertiary/aromatic N) is 1. The SMILES string of the molecule is O=S(=O)(Cl)c1ccc2c(c1)C=CC=NO2. The second-order valence-corrected chi connectivity index (χ2v) is 5.41. The number of allylic oxidation sites excluding steroid dienone is 1. The smallest absolute Gasteiger partial charge is 0.261 e. The minimum atomic E-state index is -3.71. The average Bonchev–Trinajstić information content (AvgIpc) is 2.39. The predicted octanol–water partition coefficient (Wildman–Crippen LogP) is 2.01. The molecule has 0 amide bonds. The van der Waals surface area contributed by atoms with Crippen molar-refractivity contribution in [2.75, 3.05) is 0 Å². The molecular formula is C9H6ClNO3S. The lowest BCUT2D eigenvalue weighted by molar-refractivity contribution is 0.344. The first-order valence-electron chi connectivity index (χ1n) is 4.03. The Hall–Kier alpha value is -1.33. The quantitative estimate of drug-likeness (QED) is 0.709. The van der Waals surface area contributed by atoms with Crippen molar-refractivity contribution in [1.29, 1.82) is 0 Å². The molecule has 6 heteroatoms. The maximum absolute atomic E-state index is 11.1. The van der Waals surface area contributed by atoms with Crippen LogP contribution in [-0.4, -0.2) is 14.6 Å². The van der Waals surface area contributed by atoms with Crippen molar-refractivity contribution < 1.29 is 13.3 Å². The van der Waals surface area contributed by atoms with Crippen LogP contribution in [-0.2, 0) is 9.05 Å². The largest absolute Gasteiger partial charge is 0.356 e. The molecule has 1 aromatic carbocycles. The predicted molar refractivity (Wildman–Crippen MR) is 57.6 cm³/mol. The van der Waals surface area contributed by atoms with E-state index < -0.39 is 9.05 Å². The highest BCUT2D eigenvalue weighted by Gasteiger charge is 2.13. The van der Waals surface area contributed by atoms with Crippen LogP contribution in [0, 0.1) is 0 Å². The van der Waals surface area contributed by atoms with Crippen molar-refractivity contribution in [3.8, 4) is 5.75 Å². The Morgan fingerprint density at radius 2 is 2.13 bits per heavy atom. The molecule has 0 spiro atoms. The minimum Gasteiger partial charge on any atom is -0.356 e. The normalized spacial score (nSPS) is 14.2. The molecule has 0 bridgehead atoms. The van der Waals surface area contributed by atoms with E-state index >= 15 is 0 Å². The summed E-state index contributed by atoms with van der Waals surface area (Å²) in [5.74, 6) is 0.490. The van der Waals surface area contributed by atoms with Crippen molar-refractivity contribution in [2.45, 2.75) is 4.90 Å². The monoisotopic (exact) mass is 243 g/mol. The third-order valence-corrected chi connectivity index (χ3v) is 3.19. The lowest BCUT2D eigenvalue weighted by atomic mass is 10.2. The third-order valence-electron chi connectivity index (χ3n) is 1.84. The summed E-state index contributed by atoms with van der Waals surface area (Å²) in [7, 11) is 1.51. The van der Waals surface area contributed by atoms with Gasteiger partial charge in [-0.15, -0.1) is 0 Å². The summed E-state index contributed by atoms with van der Waals surface area (Å²) in [5, 5.41) is 3.61. The van der Waals surface area contributed by atoms with Crippen LogP contribution in [0.2, 0.25) is 0 Å². The van der Waals surface area contributed by atoms with Crippen LogP contribution >= 0.6 is 10.7 Å². The second kappa shape index (κ2) is 3.67. The van der Waals surface area contributed by atoms with Gasteiger partial charge in [0.15, 0.2) is 5.75 Å². The standard InChI is InChI=1S/C9H6ClNO3S/c10-15(12,13)8-3-4-9-7(6-8)2-1-5-11-14-9/h1-6H. The molecule has 0 unspecified atom stereocenters. The van der Waals surface area contributed by atoms with E-state index in [9.17, 15) is 8.42 Å². The molecule has 4 nitrogen and oxygen atoms in total. The van der Waals surface area contributed by atoms with E-state index in [4.69, 9.17) is 15.5 Å². The van der Waals surface area contributed by atoms with E-state index in [1.165, 1.54) is 24.4 Å². The summed E-state index contributed by atoms with van der Waals surface area (Å²) in [4.78, 5) is 5.03. The number of hydrogen-bond acceptors (Lipinski definition) is 4. The van der Waals surface area contributed by atoms with Crippen molar-refractivity contribution in [3.05, 3.63) is 29.8 Å². The summed E-state index contributed by atoms with van der Waals surface area (Å²) in [6.45, 7) is 0. The molecule has 78 valence electrons. The number of oxime groups is 1. The number of hydrogen-bond donors (Lipinski definition) is 0. The summed E-state index contributed by atoms with van der Waals surface area (Å²) < 4.78 is 22.1. The molecule has 0 saturated carbocycles. The minimum absolute atomic E-state index is 0.0399. The zero-order valence-corrected chi connectivity index (χ0v) is 8.99. The molecule has 0 N–H and O–H groups in total. The van der Waals surface area contributed by atoms with Crippen molar-refractivity contribution in [3.63, 3.8) is 0 Å². The van der Waals surface area contributed by atoms with Crippen LogP contribution in [0.4, 0.5) is 0 Å². The molecular weight excluding hydrogens is 238 g/mol. The van der Waals surface area contributed by atoms with Gasteiger partial charge in [-0.2, -0.15) is 0 Å². The lowest BCUT2D eigenvalue weighted by Gasteiger charge is -2.03. The molecule has 1 aromatic rings. The Labute approximate surface area is 91.2 Å². The zero-order valence-electron chi connectivity index (χ0n) is 7.42. The first-order valence-corrected chi connectivity index (χ1v) is 6.34. The van der Waals surface area contributed by atoms with Gasteiger partial charge in [-0.05, 0) is 30.4 Å². The molecule has 0 aromatic heterocycles. The first kappa shape index (κ1) is 10.2. The topological polar surface area (TPSA) is 55.7 Å². The van der Waals surface area contributed by atoms with E-state index in [0.29, 0.717) is 11.3 Å². The van der Waals surface area contributed by atoms with Crippen LogP contribution in [0.1, 0.15) is 5.56 Å². The molecule has 0 saturated heterocycles. The molecule has 1 heterocycles. The fourth-order valence-corrected chi connectivity index (χ4v) is 1.95. The number of rotatable bonds is 1. The van der Waals surface area contributed by atoms with E-state index in [2.05, 4.69) is 5.16 Å². The maximum atomic E-state index is 11.1. The number of fused-ring (bicyclic) bond motifs is 1. The van der Waals surface area contributed by atoms with Crippen LogP contribution in [0.15, 0.2) is 34.3 Å². The maximum Gasteiger partial charge on any atom is 0.261 e.